The van der Waals surface area contributed by atoms with Crippen LogP contribution in [0, 0.1) is 5.92 Å². The average molecular weight is 222 g/mol. The standard InChI is InChI=1S/C8H14O7/c9-2-4-7(13)6(12)3(1-5(10)11)8(14)15-4/h3-4,6-9,12-14H,1-2H2,(H,10,11)/t3-,4-,6-,7-,8?/m1/s1. The van der Waals surface area contributed by atoms with Crippen LogP contribution in [-0.4, -0.2) is 62.7 Å². The third kappa shape index (κ3) is 2.64. The summed E-state index contributed by atoms with van der Waals surface area (Å²) < 4.78 is 4.76. The third-order valence-electron chi connectivity index (χ3n) is 2.44. The molecule has 5 atom stereocenters. The maximum Gasteiger partial charge on any atom is 0.303 e. The van der Waals surface area contributed by atoms with Gasteiger partial charge in [-0.15, -0.1) is 0 Å². The molecular weight excluding hydrogens is 208 g/mol. The minimum atomic E-state index is -1.50. The molecule has 0 aliphatic carbocycles. The third-order valence-corrected chi connectivity index (χ3v) is 2.44. The summed E-state index contributed by atoms with van der Waals surface area (Å²) in [5.41, 5.74) is 0. The largest absolute Gasteiger partial charge is 0.481 e. The van der Waals surface area contributed by atoms with Crippen molar-refractivity contribution in [3.05, 3.63) is 0 Å². The van der Waals surface area contributed by atoms with Crippen molar-refractivity contribution >= 4 is 5.97 Å². The molecule has 0 radical (unpaired) electrons. The molecule has 0 spiro atoms. The minimum Gasteiger partial charge on any atom is -0.481 e. The average Bonchev–Trinajstić information content (AvgIpc) is 2.18. The predicted octanol–water partition coefficient (Wildman–Crippen LogP) is -2.49. The lowest BCUT2D eigenvalue weighted by atomic mass is 9.88. The molecule has 1 rings (SSSR count). The number of rotatable bonds is 3. The van der Waals surface area contributed by atoms with Crippen molar-refractivity contribution in [3.63, 3.8) is 0 Å². The molecule has 1 fully saturated rings. The second kappa shape index (κ2) is 4.86. The summed E-state index contributed by atoms with van der Waals surface area (Å²) in [6, 6.07) is 0. The first-order valence-electron chi connectivity index (χ1n) is 4.49. The molecule has 5 N–H and O–H groups in total. The summed E-state index contributed by atoms with van der Waals surface area (Å²) in [6.45, 7) is -0.560. The highest BCUT2D eigenvalue weighted by atomic mass is 16.6. The number of carboxylic acids is 1. The molecule has 0 aromatic heterocycles. The van der Waals surface area contributed by atoms with E-state index in [4.69, 9.17) is 14.9 Å². The first-order chi connectivity index (χ1) is 6.97. The molecule has 88 valence electrons. The van der Waals surface area contributed by atoms with Gasteiger partial charge in [-0.2, -0.15) is 0 Å². The number of aliphatic carboxylic acids is 1. The molecule has 0 saturated carbocycles. The van der Waals surface area contributed by atoms with Crippen LogP contribution in [-0.2, 0) is 9.53 Å². The van der Waals surface area contributed by atoms with E-state index in [-0.39, 0.29) is 0 Å². The zero-order chi connectivity index (χ0) is 11.6. The van der Waals surface area contributed by atoms with Crippen molar-refractivity contribution in [2.45, 2.75) is 31.0 Å². The smallest absolute Gasteiger partial charge is 0.303 e. The van der Waals surface area contributed by atoms with Gasteiger partial charge in [-0.3, -0.25) is 4.79 Å². The van der Waals surface area contributed by atoms with E-state index in [2.05, 4.69) is 0 Å². The molecular formula is C8H14O7. The SMILES string of the molecule is O=C(O)C[C@H]1C(O)O[C@H](CO)[C@@H](O)[C@@H]1O. The highest BCUT2D eigenvalue weighted by Crippen LogP contribution is 2.27. The molecule has 1 heterocycles. The predicted molar refractivity (Wildman–Crippen MR) is 45.7 cm³/mol. The zero-order valence-corrected chi connectivity index (χ0v) is 7.85. The fourth-order valence-electron chi connectivity index (χ4n) is 1.58. The minimum absolute atomic E-state index is 0.516. The quantitative estimate of drug-likeness (QED) is 0.357. The fraction of sp³-hybridized carbons (Fsp3) is 0.875. The summed E-state index contributed by atoms with van der Waals surface area (Å²) in [7, 11) is 0. The van der Waals surface area contributed by atoms with Gasteiger partial charge in [0.25, 0.3) is 0 Å². The summed E-state index contributed by atoms with van der Waals surface area (Å²) in [5, 5.41) is 45.5. The Kier molecular flexibility index (Phi) is 4.00. The first kappa shape index (κ1) is 12.3. The van der Waals surface area contributed by atoms with E-state index in [1.165, 1.54) is 0 Å². The topological polar surface area (TPSA) is 127 Å². The van der Waals surface area contributed by atoms with Gasteiger partial charge >= 0.3 is 5.97 Å². The van der Waals surface area contributed by atoms with Crippen LogP contribution in [0.15, 0.2) is 0 Å². The Morgan fingerprint density at radius 2 is 1.80 bits per heavy atom. The van der Waals surface area contributed by atoms with Gasteiger partial charge in [0.05, 0.1) is 19.1 Å². The number of aliphatic hydroxyl groups is 4. The highest BCUT2D eigenvalue weighted by molar-refractivity contribution is 5.67. The lowest BCUT2D eigenvalue weighted by Crippen LogP contribution is -2.56. The van der Waals surface area contributed by atoms with Crippen LogP contribution in [0.25, 0.3) is 0 Å². The molecule has 1 aliphatic rings. The molecule has 0 aromatic rings. The highest BCUT2D eigenvalue weighted by Gasteiger charge is 2.44. The Bertz CT molecular complexity index is 231. The van der Waals surface area contributed by atoms with Crippen molar-refractivity contribution in [1.29, 1.82) is 0 Å². The van der Waals surface area contributed by atoms with Crippen LogP contribution in [0.2, 0.25) is 0 Å². The molecule has 1 unspecified atom stereocenters. The number of carbonyl (C=O) groups is 1. The van der Waals surface area contributed by atoms with Crippen LogP contribution < -0.4 is 0 Å². The van der Waals surface area contributed by atoms with Gasteiger partial charge in [0.15, 0.2) is 6.29 Å². The summed E-state index contributed by atoms with van der Waals surface area (Å²) in [4.78, 5) is 10.4. The van der Waals surface area contributed by atoms with Gasteiger partial charge in [0.1, 0.15) is 12.2 Å². The van der Waals surface area contributed by atoms with Crippen molar-refractivity contribution in [3.8, 4) is 0 Å². The van der Waals surface area contributed by atoms with Crippen molar-refractivity contribution in [2.75, 3.05) is 6.61 Å². The maximum absolute atomic E-state index is 10.4. The van der Waals surface area contributed by atoms with Gasteiger partial charge < -0.3 is 30.3 Å². The number of hydrogen-bond acceptors (Lipinski definition) is 6. The summed E-state index contributed by atoms with van der Waals surface area (Å²) >= 11 is 0. The Morgan fingerprint density at radius 3 is 2.27 bits per heavy atom. The molecule has 0 bridgehead atoms. The molecule has 0 amide bonds. The first-order valence-corrected chi connectivity index (χ1v) is 4.49. The summed E-state index contributed by atoms with van der Waals surface area (Å²) in [6.07, 6.45) is -5.95. The van der Waals surface area contributed by atoms with Crippen molar-refractivity contribution in [1.82, 2.24) is 0 Å². The Balaban J connectivity index is 2.70. The van der Waals surface area contributed by atoms with E-state index in [1.807, 2.05) is 0 Å². The van der Waals surface area contributed by atoms with Crippen LogP contribution >= 0.6 is 0 Å². The van der Waals surface area contributed by atoms with Crippen molar-refractivity contribution in [2.24, 2.45) is 5.92 Å². The number of ether oxygens (including phenoxy) is 1. The lowest BCUT2D eigenvalue weighted by molar-refractivity contribution is -0.270. The van der Waals surface area contributed by atoms with Gasteiger partial charge in [0, 0.05) is 5.92 Å². The van der Waals surface area contributed by atoms with Crippen LogP contribution in [0.4, 0.5) is 0 Å². The number of aliphatic hydroxyl groups excluding tert-OH is 4. The Morgan fingerprint density at radius 1 is 1.20 bits per heavy atom. The van der Waals surface area contributed by atoms with Gasteiger partial charge in [-0.25, -0.2) is 0 Å². The number of carboxylic acid groups (broad SMARTS) is 1. The second-order valence-corrected chi connectivity index (χ2v) is 3.49. The lowest BCUT2D eigenvalue weighted by Gasteiger charge is -2.39. The molecule has 7 nitrogen and oxygen atoms in total. The fourth-order valence-corrected chi connectivity index (χ4v) is 1.58. The molecule has 0 aromatic carbocycles. The van der Waals surface area contributed by atoms with Gasteiger partial charge in [-0.1, -0.05) is 0 Å². The maximum atomic E-state index is 10.4. The number of hydrogen-bond donors (Lipinski definition) is 5. The van der Waals surface area contributed by atoms with Crippen LogP contribution in [0.5, 0.6) is 0 Å². The summed E-state index contributed by atoms with van der Waals surface area (Å²) in [5.74, 6) is -2.31. The normalized spacial score (nSPS) is 41.5. The van der Waals surface area contributed by atoms with Gasteiger partial charge in [-0.05, 0) is 0 Å². The van der Waals surface area contributed by atoms with E-state index in [0.29, 0.717) is 0 Å². The zero-order valence-electron chi connectivity index (χ0n) is 7.85. The monoisotopic (exact) mass is 222 g/mol. The van der Waals surface area contributed by atoms with E-state index >= 15 is 0 Å². The molecule has 15 heavy (non-hydrogen) atoms. The van der Waals surface area contributed by atoms with E-state index in [1.54, 1.807) is 0 Å². The van der Waals surface area contributed by atoms with E-state index in [9.17, 15) is 20.1 Å². The van der Waals surface area contributed by atoms with E-state index < -0.39 is 49.5 Å². The van der Waals surface area contributed by atoms with Crippen LogP contribution in [0.1, 0.15) is 6.42 Å². The molecule has 1 aliphatic heterocycles. The van der Waals surface area contributed by atoms with Crippen LogP contribution in [0.3, 0.4) is 0 Å². The molecule has 1 saturated heterocycles. The van der Waals surface area contributed by atoms with Gasteiger partial charge in [0.2, 0.25) is 0 Å². The van der Waals surface area contributed by atoms with Crippen molar-refractivity contribution < 1.29 is 35.1 Å². The Labute approximate surface area is 85.5 Å². The Hall–Kier alpha value is -0.730. The molecule has 7 heteroatoms. The van der Waals surface area contributed by atoms with E-state index in [0.717, 1.165) is 0 Å². The second-order valence-electron chi connectivity index (χ2n) is 3.49.